The molecule has 0 aromatic heterocycles. The summed E-state index contributed by atoms with van der Waals surface area (Å²) >= 11 is 0. The lowest BCUT2D eigenvalue weighted by Gasteiger charge is -2.16. The summed E-state index contributed by atoms with van der Waals surface area (Å²) in [6.45, 7) is 1.70. The van der Waals surface area contributed by atoms with Gasteiger partial charge in [-0.25, -0.2) is 13.1 Å². The molecule has 0 aliphatic carbocycles. The van der Waals surface area contributed by atoms with Crippen molar-refractivity contribution in [1.82, 2.24) is 9.62 Å². The zero-order valence-corrected chi connectivity index (χ0v) is 20.0. The Kier molecular flexibility index (Phi) is 7.13. The number of likely N-dealkylation sites (tertiary alicyclic amines) is 1. The van der Waals surface area contributed by atoms with Crippen LogP contribution in [0, 0.1) is 10.1 Å². The molecule has 182 valence electrons. The Morgan fingerprint density at radius 3 is 2.46 bits per heavy atom. The monoisotopic (exact) mass is 494 g/mol. The van der Waals surface area contributed by atoms with Gasteiger partial charge < -0.3 is 10.2 Å². The van der Waals surface area contributed by atoms with Crippen molar-refractivity contribution in [1.29, 1.82) is 0 Å². The number of rotatable bonds is 9. The smallest absolute Gasteiger partial charge is 0.293 e. The molecule has 4 rings (SSSR count). The van der Waals surface area contributed by atoms with Crippen LogP contribution in [0.2, 0.25) is 0 Å². The van der Waals surface area contributed by atoms with Crippen LogP contribution in [0.5, 0.6) is 0 Å². The number of nitrogens with zero attached hydrogens (tertiary/aromatic N) is 2. The van der Waals surface area contributed by atoms with Crippen LogP contribution < -0.4 is 10.0 Å². The molecule has 9 nitrogen and oxygen atoms in total. The number of amides is 1. The summed E-state index contributed by atoms with van der Waals surface area (Å²) < 4.78 is 26.2. The van der Waals surface area contributed by atoms with Crippen molar-refractivity contribution in [2.45, 2.75) is 30.8 Å². The van der Waals surface area contributed by atoms with E-state index < -0.39 is 14.9 Å². The standard InChI is InChI=1S/C25H26N4O5S/c1-26-35(33,34)21-12-13-23(24(15-21)29(31)32)27-16-20-5-2-3-6-22(20)19-10-8-18(9-11-19)17-28-14-4-7-25(28)30/h2-3,5-6,8-13,15,26-27H,4,7,14,16-17H2,1H3. The summed E-state index contributed by atoms with van der Waals surface area (Å²) in [5, 5.41) is 14.7. The lowest BCUT2D eigenvalue weighted by atomic mass is 9.98. The molecule has 1 amide bonds. The molecule has 35 heavy (non-hydrogen) atoms. The topological polar surface area (TPSA) is 122 Å². The minimum absolute atomic E-state index is 0.173. The summed E-state index contributed by atoms with van der Waals surface area (Å²) in [7, 11) is -2.55. The third kappa shape index (κ3) is 5.50. The predicted octanol–water partition coefficient (Wildman–Crippen LogP) is 3.90. The number of anilines is 1. The minimum Gasteiger partial charge on any atom is -0.375 e. The van der Waals surface area contributed by atoms with Crippen LogP contribution in [0.3, 0.4) is 0 Å². The molecule has 10 heteroatoms. The molecule has 0 unspecified atom stereocenters. The van der Waals surface area contributed by atoms with Crippen molar-refractivity contribution in [3.8, 4) is 11.1 Å². The van der Waals surface area contributed by atoms with Gasteiger partial charge in [-0.3, -0.25) is 14.9 Å². The van der Waals surface area contributed by atoms with Gasteiger partial charge in [0.15, 0.2) is 0 Å². The molecule has 1 saturated heterocycles. The molecule has 1 heterocycles. The molecule has 0 radical (unpaired) electrons. The second kappa shape index (κ2) is 10.2. The predicted molar refractivity (Wildman–Crippen MR) is 133 cm³/mol. The highest BCUT2D eigenvalue weighted by Crippen LogP contribution is 2.30. The molecule has 3 aromatic carbocycles. The van der Waals surface area contributed by atoms with Gasteiger partial charge in [0.25, 0.3) is 5.69 Å². The highest BCUT2D eigenvalue weighted by molar-refractivity contribution is 7.89. The van der Waals surface area contributed by atoms with Crippen molar-refractivity contribution >= 4 is 27.3 Å². The molecule has 3 aromatic rings. The Labute approximate surface area is 204 Å². The second-order valence-corrected chi connectivity index (χ2v) is 10.2. The van der Waals surface area contributed by atoms with Gasteiger partial charge in [0.2, 0.25) is 15.9 Å². The SMILES string of the molecule is CNS(=O)(=O)c1ccc(NCc2ccccc2-c2ccc(CN3CCCC3=O)cc2)c([N+](=O)[O-])c1. The highest BCUT2D eigenvalue weighted by Gasteiger charge is 2.21. The largest absolute Gasteiger partial charge is 0.375 e. The van der Waals surface area contributed by atoms with Crippen LogP contribution >= 0.6 is 0 Å². The van der Waals surface area contributed by atoms with Gasteiger partial charge in [0.05, 0.1) is 9.82 Å². The van der Waals surface area contributed by atoms with Crippen molar-refractivity contribution in [3.05, 3.63) is 88.0 Å². The summed E-state index contributed by atoms with van der Waals surface area (Å²) in [5.41, 5.74) is 3.86. The summed E-state index contributed by atoms with van der Waals surface area (Å²) in [6.07, 6.45) is 1.52. The fourth-order valence-electron chi connectivity index (χ4n) is 4.12. The van der Waals surface area contributed by atoms with Crippen molar-refractivity contribution < 1.29 is 18.1 Å². The maximum Gasteiger partial charge on any atom is 0.293 e. The van der Waals surface area contributed by atoms with E-state index >= 15 is 0 Å². The first-order chi connectivity index (χ1) is 16.8. The van der Waals surface area contributed by atoms with Gasteiger partial charge in [0.1, 0.15) is 5.69 Å². The lowest BCUT2D eigenvalue weighted by Crippen LogP contribution is -2.23. The zero-order valence-electron chi connectivity index (χ0n) is 19.2. The van der Waals surface area contributed by atoms with E-state index in [1.165, 1.54) is 19.2 Å². The second-order valence-electron chi connectivity index (χ2n) is 8.27. The first kappa shape index (κ1) is 24.4. The van der Waals surface area contributed by atoms with Gasteiger partial charge in [-0.05, 0) is 47.9 Å². The van der Waals surface area contributed by atoms with Crippen LogP contribution in [0.25, 0.3) is 11.1 Å². The number of carbonyl (C=O) groups is 1. The summed E-state index contributed by atoms with van der Waals surface area (Å²) in [4.78, 5) is 24.6. The number of hydrogen-bond acceptors (Lipinski definition) is 6. The number of nitro benzene ring substituents is 1. The van der Waals surface area contributed by atoms with E-state index in [-0.39, 0.29) is 22.2 Å². The van der Waals surface area contributed by atoms with E-state index in [0.717, 1.165) is 41.3 Å². The third-order valence-corrected chi connectivity index (χ3v) is 7.45. The third-order valence-electron chi connectivity index (χ3n) is 6.04. The molecule has 2 N–H and O–H groups in total. The van der Waals surface area contributed by atoms with Gasteiger partial charge in [0, 0.05) is 32.1 Å². The Morgan fingerprint density at radius 2 is 1.80 bits per heavy atom. The van der Waals surface area contributed by atoms with Crippen molar-refractivity contribution in [2.24, 2.45) is 0 Å². The molecule has 0 spiro atoms. The van der Waals surface area contributed by atoms with Crippen LogP contribution in [-0.2, 0) is 27.9 Å². The molecule has 0 bridgehead atoms. The minimum atomic E-state index is -3.80. The summed E-state index contributed by atoms with van der Waals surface area (Å²) in [6, 6.07) is 19.6. The highest BCUT2D eigenvalue weighted by atomic mass is 32.2. The molecule has 0 saturated carbocycles. The average molecular weight is 495 g/mol. The van der Waals surface area contributed by atoms with E-state index in [9.17, 15) is 23.3 Å². The van der Waals surface area contributed by atoms with E-state index in [2.05, 4.69) is 10.0 Å². The number of sulfonamides is 1. The first-order valence-electron chi connectivity index (χ1n) is 11.2. The fourth-order valence-corrected chi connectivity index (χ4v) is 4.87. The fraction of sp³-hybridized carbons (Fsp3) is 0.240. The number of hydrogen-bond donors (Lipinski definition) is 2. The molecule has 1 aliphatic rings. The van der Waals surface area contributed by atoms with E-state index in [4.69, 9.17) is 0 Å². The van der Waals surface area contributed by atoms with Crippen molar-refractivity contribution in [3.63, 3.8) is 0 Å². The summed E-state index contributed by atoms with van der Waals surface area (Å²) in [5.74, 6) is 0.191. The van der Waals surface area contributed by atoms with Crippen LogP contribution in [-0.4, -0.2) is 37.7 Å². The van der Waals surface area contributed by atoms with Gasteiger partial charge in [-0.1, -0.05) is 48.5 Å². The lowest BCUT2D eigenvalue weighted by molar-refractivity contribution is -0.384. The van der Waals surface area contributed by atoms with Gasteiger partial charge in [-0.15, -0.1) is 0 Å². The van der Waals surface area contributed by atoms with E-state index in [1.807, 2.05) is 53.4 Å². The maximum absolute atomic E-state index is 12.0. The van der Waals surface area contributed by atoms with Crippen LogP contribution in [0.1, 0.15) is 24.0 Å². The molecular formula is C25H26N4O5S. The molecular weight excluding hydrogens is 468 g/mol. The van der Waals surface area contributed by atoms with Crippen LogP contribution in [0.15, 0.2) is 71.6 Å². The zero-order chi connectivity index (χ0) is 25.0. The molecule has 0 atom stereocenters. The van der Waals surface area contributed by atoms with E-state index in [0.29, 0.717) is 19.5 Å². The Bertz CT molecular complexity index is 1360. The normalized spacial score (nSPS) is 13.7. The van der Waals surface area contributed by atoms with E-state index in [1.54, 1.807) is 0 Å². The quantitative estimate of drug-likeness (QED) is 0.344. The number of carbonyl (C=O) groups excluding carboxylic acids is 1. The van der Waals surface area contributed by atoms with Gasteiger partial charge >= 0.3 is 0 Å². The molecule has 1 aliphatic heterocycles. The Balaban J connectivity index is 1.53. The van der Waals surface area contributed by atoms with Gasteiger partial charge in [-0.2, -0.15) is 0 Å². The first-order valence-corrected chi connectivity index (χ1v) is 12.7. The maximum atomic E-state index is 12.0. The Hall–Kier alpha value is -3.76. The van der Waals surface area contributed by atoms with Crippen molar-refractivity contribution in [2.75, 3.05) is 18.9 Å². The number of nitro groups is 1. The Morgan fingerprint density at radius 1 is 1.06 bits per heavy atom. The number of benzene rings is 3. The molecule has 1 fully saturated rings. The number of nitrogens with one attached hydrogen (secondary N) is 2. The van der Waals surface area contributed by atoms with Crippen LogP contribution in [0.4, 0.5) is 11.4 Å². The average Bonchev–Trinajstić information content (AvgIpc) is 3.27.